The van der Waals surface area contributed by atoms with E-state index < -0.39 is 21.0 Å². The Morgan fingerprint density at radius 2 is 1.95 bits per heavy atom. The summed E-state index contributed by atoms with van der Waals surface area (Å²) in [6, 6.07) is 7.13. The van der Waals surface area contributed by atoms with Crippen molar-refractivity contribution in [2.24, 2.45) is 11.3 Å². The quantitative estimate of drug-likeness (QED) is 0.792. The van der Waals surface area contributed by atoms with Crippen molar-refractivity contribution < 1.29 is 13.2 Å². The average Bonchev–Trinajstić information content (AvgIpc) is 2.89. The van der Waals surface area contributed by atoms with Crippen molar-refractivity contribution >= 4 is 15.8 Å². The van der Waals surface area contributed by atoms with Gasteiger partial charge in [-0.1, -0.05) is 39.0 Å². The fourth-order valence-corrected chi connectivity index (χ4v) is 6.18. The number of hydrogen-bond acceptors (Lipinski definition) is 3. The van der Waals surface area contributed by atoms with Gasteiger partial charge in [-0.3, -0.25) is 4.79 Å². The van der Waals surface area contributed by atoms with Crippen LogP contribution in [0.25, 0.3) is 0 Å². The lowest BCUT2D eigenvalue weighted by Gasteiger charge is -2.43. The third-order valence-electron chi connectivity index (χ3n) is 4.97. The highest BCUT2D eigenvalue weighted by atomic mass is 32.2. The summed E-state index contributed by atoms with van der Waals surface area (Å²) in [4.78, 5) is 13.2. The van der Waals surface area contributed by atoms with E-state index in [0.717, 1.165) is 5.56 Å². The van der Waals surface area contributed by atoms with E-state index in [-0.39, 0.29) is 17.6 Å². The highest BCUT2D eigenvalue weighted by molar-refractivity contribution is 7.89. The van der Waals surface area contributed by atoms with Crippen molar-refractivity contribution in [3.63, 3.8) is 0 Å². The molecule has 0 bridgehead atoms. The van der Waals surface area contributed by atoms with E-state index in [1.807, 2.05) is 32.9 Å². The summed E-state index contributed by atoms with van der Waals surface area (Å²) in [5.74, 6) is 0.297. The van der Waals surface area contributed by atoms with Crippen LogP contribution in [0, 0.1) is 11.3 Å². The maximum atomic E-state index is 12.8. The maximum Gasteiger partial charge on any atom is 0.244 e. The van der Waals surface area contributed by atoms with Gasteiger partial charge in [0.2, 0.25) is 10.0 Å². The van der Waals surface area contributed by atoms with Crippen LogP contribution >= 0.6 is 0 Å². The Hall–Kier alpha value is -1.20. The van der Waals surface area contributed by atoms with Gasteiger partial charge in [-0.05, 0) is 11.6 Å². The molecule has 4 nitrogen and oxygen atoms in total. The van der Waals surface area contributed by atoms with Gasteiger partial charge in [0.15, 0.2) is 5.78 Å². The summed E-state index contributed by atoms with van der Waals surface area (Å²) in [5.41, 5.74) is -0.456. The second kappa shape index (κ2) is 3.17. The first-order chi connectivity index (χ1) is 9.23. The smallest absolute Gasteiger partial charge is 0.244 e. The fourth-order valence-electron chi connectivity index (χ4n) is 4.11. The van der Waals surface area contributed by atoms with Gasteiger partial charge in [-0.15, -0.1) is 0 Å². The van der Waals surface area contributed by atoms with E-state index in [1.165, 1.54) is 4.31 Å². The minimum absolute atomic E-state index is 0.0596. The molecule has 0 N–H and O–H groups in total. The van der Waals surface area contributed by atoms with Crippen molar-refractivity contribution in [1.82, 2.24) is 4.31 Å². The van der Waals surface area contributed by atoms with Gasteiger partial charge in [0.1, 0.15) is 5.54 Å². The first kappa shape index (κ1) is 12.5. The molecular formula is C15H17NO3S. The molecule has 1 aliphatic carbocycles. The van der Waals surface area contributed by atoms with Crippen LogP contribution in [0.4, 0.5) is 0 Å². The zero-order chi connectivity index (χ0) is 14.5. The van der Waals surface area contributed by atoms with Gasteiger partial charge in [-0.2, -0.15) is 4.31 Å². The molecule has 4 rings (SSSR count). The van der Waals surface area contributed by atoms with E-state index >= 15 is 0 Å². The third kappa shape index (κ3) is 1.10. The second-order valence-corrected chi connectivity index (χ2v) is 8.89. The van der Waals surface area contributed by atoms with E-state index in [1.54, 1.807) is 12.1 Å². The Morgan fingerprint density at radius 1 is 1.30 bits per heavy atom. The predicted octanol–water partition coefficient (Wildman–Crippen LogP) is 1.77. The number of sulfonamides is 1. The van der Waals surface area contributed by atoms with Gasteiger partial charge in [0, 0.05) is 23.8 Å². The van der Waals surface area contributed by atoms with Crippen LogP contribution in [0.5, 0.6) is 0 Å². The first-order valence-electron chi connectivity index (χ1n) is 6.90. The van der Waals surface area contributed by atoms with Crippen LogP contribution in [0.1, 0.15) is 32.3 Å². The number of rotatable bonds is 1. The Labute approximate surface area is 118 Å². The van der Waals surface area contributed by atoms with E-state index in [9.17, 15) is 13.2 Å². The monoisotopic (exact) mass is 291 g/mol. The van der Waals surface area contributed by atoms with E-state index in [4.69, 9.17) is 0 Å². The lowest BCUT2D eigenvalue weighted by Crippen LogP contribution is -2.61. The molecule has 3 aliphatic rings. The zero-order valence-corrected chi connectivity index (χ0v) is 12.6. The summed E-state index contributed by atoms with van der Waals surface area (Å²) in [6.45, 7) is 6.09. The Bertz CT molecular complexity index is 747. The molecule has 2 aliphatic heterocycles. The Morgan fingerprint density at radius 3 is 2.60 bits per heavy atom. The molecule has 2 fully saturated rings. The first-order valence-corrected chi connectivity index (χ1v) is 8.34. The molecule has 5 heteroatoms. The lowest BCUT2D eigenvalue weighted by molar-refractivity contribution is -0.135. The molecule has 3 atom stereocenters. The molecule has 1 saturated heterocycles. The number of carbonyl (C=O) groups excluding carboxylic acids is 1. The van der Waals surface area contributed by atoms with Crippen molar-refractivity contribution in [2.75, 3.05) is 6.54 Å². The molecule has 0 spiro atoms. The van der Waals surface area contributed by atoms with Gasteiger partial charge < -0.3 is 0 Å². The minimum atomic E-state index is -3.51. The van der Waals surface area contributed by atoms with E-state index in [2.05, 4.69) is 0 Å². The SMILES string of the molecule is CC(C)(C)C(=O)[C@]12[C@@H]3c4ccccc4S(=O)(=O)N1C[C@@H]32. The van der Waals surface area contributed by atoms with Crippen LogP contribution in [-0.2, 0) is 14.8 Å². The van der Waals surface area contributed by atoms with Crippen molar-refractivity contribution in [2.45, 2.75) is 37.1 Å². The third-order valence-corrected chi connectivity index (χ3v) is 6.93. The molecule has 1 aromatic carbocycles. The largest absolute Gasteiger partial charge is 0.297 e. The number of hydrogen-bond donors (Lipinski definition) is 0. The second-order valence-electron chi connectivity index (χ2n) is 7.06. The van der Waals surface area contributed by atoms with Crippen molar-refractivity contribution in [1.29, 1.82) is 0 Å². The number of carbonyl (C=O) groups is 1. The summed E-state index contributed by atoms with van der Waals surface area (Å²) in [5, 5.41) is 0. The normalized spacial score (nSPS) is 36.5. The Balaban J connectivity index is 1.94. The van der Waals surface area contributed by atoms with Crippen LogP contribution in [-0.4, -0.2) is 30.6 Å². The highest BCUT2D eigenvalue weighted by Gasteiger charge is 2.85. The number of benzene rings is 1. The van der Waals surface area contributed by atoms with E-state index in [0.29, 0.717) is 11.4 Å². The van der Waals surface area contributed by atoms with Gasteiger partial charge in [0.25, 0.3) is 0 Å². The molecule has 0 unspecified atom stereocenters. The number of fused-ring (bicyclic) bond motifs is 3. The van der Waals surface area contributed by atoms with Crippen molar-refractivity contribution in [3.05, 3.63) is 29.8 Å². The summed E-state index contributed by atoms with van der Waals surface area (Å²) in [6.07, 6.45) is 0. The highest BCUT2D eigenvalue weighted by Crippen LogP contribution is 2.74. The topological polar surface area (TPSA) is 54.5 Å². The number of Topliss-reactive ketones (excluding diaryl/α,β-unsaturated/α-hetero) is 1. The molecule has 2 heterocycles. The molecule has 20 heavy (non-hydrogen) atoms. The van der Waals surface area contributed by atoms with Gasteiger partial charge in [-0.25, -0.2) is 8.42 Å². The maximum absolute atomic E-state index is 12.8. The lowest BCUT2D eigenvalue weighted by atomic mass is 9.81. The summed E-state index contributed by atoms with van der Waals surface area (Å²) < 4.78 is 26.8. The molecule has 106 valence electrons. The number of nitrogens with zero attached hydrogens (tertiary/aromatic N) is 1. The fraction of sp³-hybridized carbons (Fsp3) is 0.533. The molecule has 0 amide bonds. The van der Waals surface area contributed by atoms with Crippen molar-refractivity contribution in [3.8, 4) is 0 Å². The summed E-state index contributed by atoms with van der Waals surface area (Å²) >= 11 is 0. The summed E-state index contributed by atoms with van der Waals surface area (Å²) in [7, 11) is -3.51. The molecule has 1 aromatic rings. The van der Waals surface area contributed by atoms with Gasteiger partial charge >= 0.3 is 0 Å². The minimum Gasteiger partial charge on any atom is -0.297 e. The molecule has 0 radical (unpaired) electrons. The van der Waals surface area contributed by atoms with Crippen LogP contribution in [0.3, 0.4) is 0 Å². The van der Waals surface area contributed by atoms with Crippen LogP contribution < -0.4 is 0 Å². The van der Waals surface area contributed by atoms with Crippen LogP contribution in [0.2, 0.25) is 0 Å². The Kier molecular flexibility index (Phi) is 1.99. The standard InChI is InChI=1S/C15H17NO3S/c1-14(2,3)13(17)15-10-8-16(15)20(18,19)11-7-5-4-6-9(11)12(10)15/h4-7,10,12H,8H2,1-3H3/t10-,12+,15-/m0/s1. The predicted molar refractivity (Wildman–Crippen MR) is 73.8 cm³/mol. The zero-order valence-electron chi connectivity index (χ0n) is 11.8. The van der Waals surface area contributed by atoms with Crippen LogP contribution in [0.15, 0.2) is 29.2 Å². The van der Waals surface area contributed by atoms with Gasteiger partial charge in [0.05, 0.1) is 4.90 Å². The molecule has 1 saturated carbocycles. The average molecular weight is 291 g/mol. The molecule has 0 aromatic heterocycles. The number of ketones is 1. The molecular weight excluding hydrogens is 274 g/mol.